The molecule has 18 atom stereocenters. The van der Waals surface area contributed by atoms with Crippen molar-refractivity contribution in [2.24, 2.45) is 44.6 Å². The van der Waals surface area contributed by atoms with Crippen LogP contribution in [-0.4, -0.2) is 367 Å². The average molecular weight is 1770 g/mol. The van der Waals surface area contributed by atoms with Gasteiger partial charge in [0.15, 0.2) is 18.0 Å². The summed E-state index contributed by atoms with van der Waals surface area (Å²) in [6, 6.07) is -21.0. The number of aliphatic hydroxyl groups excluding tert-OH is 8. The van der Waals surface area contributed by atoms with E-state index in [9.17, 15) is 137 Å². The first-order valence-electron chi connectivity index (χ1n) is 39.4. The second-order valence-corrected chi connectivity index (χ2v) is 29.3. The number of aromatic hydroxyl groups is 1. The fraction of sp³-hybridized carbons (Fsp3) is 0.639. The largest absolute Gasteiger partial charge is 0.508 e. The minimum Gasteiger partial charge on any atom is -0.508 e. The van der Waals surface area contributed by atoms with Gasteiger partial charge in [-0.1, -0.05) is 26.0 Å². The number of nitrogens with zero attached hydrogens (tertiary/aromatic N) is 4. The van der Waals surface area contributed by atoms with E-state index in [4.69, 9.17) is 28.7 Å². The van der Waals surface area contributed by atoms with Crippen LogP contribution in [0.25, 0.3) is 0 Å². The smallest absolute Gasteiger partial charge is 0.328 e. The lowest BCUT2D eigenvalue weighted by Crippen LogP contribution is -2.63. The van der Waals surface area contributed by atoms with Gasteiger partial charge in [0.05, 0.1) is 71.0 Å². The highest BCUT2D eigenvalue weighted by molar-refractivity contribution is 6.01. The highest BCUT2D eigenvalue weighted by Gasteiger charge is 2.43. The van der Waals surface area contributed by atoms with Gasteiger partial charge in [-0.05, 0) is 103 Å². The maximum Gasteiger partial charge on any atom is 0.328 e. The van der Waals surface area contributed by atoms with Crippen LogP contribution in [0.2, 0.25) is 0 Å². The van der Waals surface area contributed by atoms with Crippen LogP contribution in [0.4, 0.5) is 0 Å². The number of hydrogen-bond donors (Lipinski definition) is 30. The summed E-state index contributed by atoms with van der Waals surface area (Å²) < 4.78 is 0. The average Bonchev–Trinajstić information content (AvgIpc) is 1.67. The van der Waals surface area contributed by atoms with Crippen LogP contribution < -0.4 is 108 Å². The number of carbonyl (C=O) groups excluding carboxylic acids is 17. The second kappa shape index (κ2) is 52.9. The summed E-state index contributed by atoms with van der Waals surface area (Å²) in [5.41, 5.74) is 27.4. The third-order valence-corrected chi connectivity index (χ3v) is 19.2. The van der Waals surface area contributed by atoms with Crippen molar-refractivity contribution in [2.45, 2.75) is 208 Å². The Labute approximate surface area is 710 Å². The molecule has 0 saturated carbocycles. The molecule has 2 aliphatic heterocycles. The van der Waals surface area contributed by atoms with Crippen molar-refractivity contribution in [3.05, 3.63) is 29.8 Å². The lowest BCUT2D eigenvalue weighted by Gasteiger charge is -2.30. The zero-order chi connectivity index (χ0) is 93.5. The summed E-state index contributed by atoms with van der Waals surface area (Å²) in [5, 5.41) is 136. The molecule has 0 radical (unpaired) electrons. The number of likely N-dealkylation sites (tertiary alicyclic amines) is 2. The molecular formula is C72H118N24O28. The van der Waals surface area contributed by atoms with Gasteiger partial charge in [-0.3, -0.25) is 91.5 Å². The van der Waals surface area contributed by atoms with Gasteiger partial charge in [-0.25, -0.2) is 4.79 Å². The van der Waals surface area contributed by atoms with Crippen LogP contribution in [0.1, 0.15) is 98.5 Å². The molecule has 0 spiro atoms. The van der Waals surface area contributed by atoms with Gasteiger partial charge in [-0.2, -0.15) is 0 Å². The number of amides is 17. The Balaban J connectivity index is 1.77. The molecule has 2 aliphatic rings. The van der Waals surface area contributed by atoms with E-state index < -0.39 is 286 Å². The molecule has 0 aliphatic carbocycles. The number of carboxylic acids is 1. The Bertz CT molecular complexity index is 3920. The van der Waals surface area contributed by atoms with Crippen LogP contribution >= 0.6 is 0 Å². The fourth-order valence-electron chi connectivity index (χ4n) is 12.3. The van der Waals surface area contributed by atoms with Crippen LogP contribution in [-0.2, 0) is 92.7 Å². The van der Waals surface area contributed by atoms with Crippen LogP contribution in [0.15, 0.2) is 34.3 Å². The first-order valence-corrected chi connectivity index (χ1v) is 39.4. The molecule has 2 fully saturated rings. The zero-order valence-corrected chi connectivity index (χ0v) is 69.1. The number of rotatable bonds is 52. The predicted molar refractivity (Wildman–Crippen MR) is 430 cm³/mol. The maximum atomic E-state index is 14.5. The van der Waals surface area contributed by atoms with Gasteiger partial charge < -0.3 is 169 Å². The Hall–Kier alpha value is -12.3. The topological polar surface area (TPSA) is 851 Å². The van der Waals surface area contributed by atoms with Crippen LogP contribution in [0, 0.1) is 5.92 Å². The van der Waals surface area contributed by atoms with Gasteiger partial charge in [-0.15, -0.1) is 0 Å². The standard InChI is InChI=1S/C72H118N24O28/c1-32(2)52(66(119)93-54(35(5)103)68(121)94-55(36(6)104)70(123)124)92-58(111)41(23-37-15-17-38(105)18-16-37)85-61(114)44(29-99)87-57(110)39(11-7-19-78-71(74)75)83-59(112)43(28-98)88-62(115)45(30-100)89-63(116)46(31-101)90-65(118)48-14-10-22-96(48)69(122)40(12-8-20-79-72(76)77)84-60(113)42(27-97)86-56(109)33(3)82-67(120)53(34(4)102)91-50(107)25-81-64(117)47-13-9-21-95(47)51(108)26-80-49(106)24-73/h15-18,32-36,39-48,52-55,97-105H,7-14,19-31,73H2,1-6H3,(H,80,106)(H,81,117)(H,82,120)(H,83,112)(H,84,113)(H,85,114)(H,86,109)(H,87,110)(H,88,115)(H,89,116)(H,90,118)(H,91,107)(H,92,111)(H,93,119)(H,94,121)(H,123,124)(H4,74,75,78)(H4,76,77,79)/t33-,34+,35+,36+,39-,40-,41-,42-,43-,44-,45-,46-,47-,48-,52-,53-,54-,55-/m0/s1. The van der Waals surface area contributed by atoms with Crippen molar-refractivity contribution < 1.29 is 137 Å². The number of aliphatic hydroxyl groups is 8. The Morgan fingerprint density at radius 3 is 1.25 bits per heavy atom. The third kappa shape index (κ3) is 34.5. The number of phenols is 1. The van der Waals surface area contributed by atoms with Crippen molar-refractivity contribution in [2.75, 3.05) is 78.8 Å². The van der Waals surface area contributed by atoms with E-state index in [1.165, 1.54) is 43.0 Å². The first kappa shape index (κ1) is 106. The van der Waals surface area contributed by atoms with Gasteiger partial charge in [0.25, 0.3) is 0 Å². The summed E-state index contributed by atoms with van der Waals surface area (Å²) in [6.07, 6.45) is -5.52. The fourth-order valence-corrected chi connectivity index (χ4v) is 12.3. The number of phenolic OH excluding ortho intramolecular Hbond substituents is 1. The Morgan fingerprint density at radius 2 is 0.798 bits per heavy atom. The number of nitrogens with two attached hydrogens (primary N) is 5. The van der Waals surface area contributed by atoms with E-state index >= 15 is 0 Å². The van der Waals surface area contributed by atoms with Crippen LogP contribution in [0.3, 0.4) is 0 Å². The molecule has 2 saturated heterocycles. The molecule has 0 unspecified atom stereocenters. The number of nitrogens with one attached hydrogen (secondary N) is 15. The minimum atomic E-state index is -2.06. The SMILES string of the molecule is CC(C)[C@H](NC(=O)[C@H](Cc1ccc(O)cc1)NC(=O)[C@H](CO)NC(=O)[C@H](CCCN=C(N)N)NC(=O)[C@H](CO)NC(=O)[C@H](CO)NC(=O)[C@H](CO)NC(=O)[C@@H]1CCCN1C(=O)[C@H](CCCN=C(N)N)NC(=O)[C@H](CO)NC(=O)[C@H](C)NC(=O)[C@@H](NC(=O)CNC(=O)[C@@H]1CCCN1C(=O)CNC(=O)CN)[C@@H](C)O)C(=O)N[C@H](C(=O)N[C@H](C(=O)O)[C@@H](C)O)[C@@H](C)O. The van der Waals surface area contributed by atoms with Crippen molar-refractivity contribution in [3.63, 3.8) is 0 Å². The molecule has 1 aromatic carbocycles. The number of aliphatic imine (C=N–C) groups is 2. The summed E-state index contributed by atoms with van der Waals surface area (Å²) >= 11 is 0. The number of carbonyl (C=O) groups is 18. The number of carboxylic acid groups (broad SMARTS) is 1. The number of guanidine groups is 2. The highest BCUT2D eigenvalue weighted by Crippen LogP contribution is 2.22. The summed E-state index contributed by atoms with van der Waals surface area (Å²) in [4.78, 5) is 252. The van der Waals surface area contributed by atoms with Gasteiger partial charge in [0.1, 0.15) is 90.3 Å². The second-order valence-electron chi connectivity index (χ2n) is 29.3. The highest BCUT2D eigenvalue weighted by atomic mass is 16.4. The molecule has 35 N–H and O–H groups in total. The van der Waals surface area contributed by atoms with E-state index in [-0.39, 0.29) is 88.5 Å². The molecule has 0 aromatic heterocycles. The summed E-state index contributed by atoms with van der Waals surface area (Å²) in [5.74, 6) is -21.9. The molecule has 52 nitrogen and oxygen atoms in total. The molecule has 3 rings (SSSR count). The van der Waals surface area contributed by atoms with Crippen molar-refractivity contribution in [3.8, 4) is 5.75 Å². The van der Waals surface area contributed by atoms with Crippen molar-refractivity contribution in [1.29, 1.82) is 0 Å². The van der Waals surface area contributed by atoms with E-state index in [0.717, 1.165) is 32.6 Å². The Kier molecular flexibility index (Phi) is 45.1. The summed E-state index contributed by atoms with van der Waals surface area (Å²) in [7, 11) is 0. The quantitative estimate of drug-likeness (QED) is 0.0164. The molecule has 124 heavy (non-hydrogen) atoms. The van der Waals surface area contributed by atoms with Gasteiger partial charge >= 0.3 is 5.97 Å². The van der Waals surface area contributed by atoms with E-state index in [1.54, 1.807) is 0 Å². The lowest BCUT2D eigenvalue weighted by atomic mass is 9.99. The monoisotopic (exact) mass is 1770 g/mol. The third-order valence-electron chi connectivity index (χ3n) is 19.2. The molecule has 17 amide bonds. The van der Waals surface area contributed by atoms with E-state index in [1.807, 2.05) is 5.32 Å². The van der Waals surface area contributed by atoms with E-state index in [0.29, 0.717) is 6.42 Å². The molecule has 52 heteroatoms. The lowest BCUT2D eigenvalue weighted by molar-refractivity contribution is -0.146. The molecule has 694 valence electrons. The number of aliphatic carboxylic acids is 1. The van der Waals surface area contributed by atoms with E-state index in [2.05, 4.69) is 84.4 Å². The first-order chi connectivity index (χ1) is 58.4. The van der Waals surface area contributed by atoms with Crippen LogP contribution in [0.5, 0.6) is 5.75 Å². The number of hydrogen-bond acceptors (Lipinski definition) is 30. The molecule has 2 heterocycles. The Morgan fingerprint density at radius 1 is 0.419 bits per heavy atom. The number of benzene rings is 1. The minimum absolute atomic E-state index is 0.0291. The van der Waals surface area contributed by atoms with Crippen molar-refractivity contribution >= 4 is 118 Å². The zero-order valence-electron chi connectivity index (χ0n) is 69.1. The van der Waals surface area contributed by atoms with Crippen molar-refractivity contribution in [1.82, 2.24) is 89.6 Å². The van der Waals surface area contributed by atoms with Gasteiger partial charge in [0.2, 0.25) is 100 Å². The normalized spacial score (nSPS) is 17.4. The molecule has 1 aromatic rings. The van der Waals surface area contributed by atoms with Gasteiger partial charge in [0, 0.05) is 32.6 Å². The molecule has 0 bridgehead atoms. The molecular weight excluding hydrogens is 1650 g/mol. The summed E-state index contributed by atoms with van der Waals surface area (Å²) in [6.45, 7) is -0.663. The maximum absolute atomic E-state index is 14.5. The predicted octanol–water partition coefficient (Wildman–Crippen LogP) is -16.6.